The Kier molecular flexibility index (Phi) is 2.91. The first-order chi connectivity index (χ1) is 8.33. The molecule has 1 saturated heterocycles. The fourth-order valence-corrected chi connectivity index (χ4v) is 2.81. The van der Waals surface area contributed by atoms with E-state index in [0.717, 1.165) is 23.6 Å². The molecule has 1 fully saturated rings. The van der Waals surface area contributed by atoms with E-state index < -0.39 is 0 Å². The third-order valence-electron chi connectivity index (χ3n) is 2.73. The molecule has 0 bridgehead atoms. The zero-order valence-corrected chi connectivity index (χ0v) is 9.99. The summed E-state index contributed by atoms with van der Waals surface area (Å²) in [6, 6.07) is 8.52. The molecule has 0 unspecified atom stereocenters. The zero-order valence-electron chi connectivity index (χ0n) is 9.17. The van der Waals surface area contributed by atoms with Crippen LogP contribution in [-0.2, 0) is 4.74 Å². The molecule has 0 saturated carbocycles. The van der Waals surface area contributed by atoms with Gasteiger partial charge in [-0.3, -0.25) is 0 Å². The standard InChI is InChI=1S/C13H12FNOS/c14-11-1-3-12(4-2-11)15-6-5-10(9-15)13-16-7-8-17-13/h1-6,9,13H,7-8H2/t13-/m1/s1. The fourth-order valence-electron chi connectivity index (χ4n) is 1.88. The number of nitrogens with zero attached hydrogens (tertiary/aromatic N) is 1. The van der Waals surface area contributed by atoms with Crippen LogP contribution in [0, 0.1) is 5.82 Å². The van der Waals surface area contributed by atoms with Crippen LogP contribution in [0.15, 0.2) is 42.7 Å². The van der Waals surface area contributed by atoms with Gasteiger partial charge in [-0.25, -0.2) is 4.39 Å². The predicted molar refractivity (Wildman–Crippen MR) is 66.9 cm³/mol. The van der Waals surface area contributed by atoms with Crippen LogP contribution >= 0.6 is 11.8 Å². The maximum absolute atomic E-state index is 12.8. The lowest BCUT2D eigenvalue weighted by atomic mass is 10.3. The van der Waals surface area contributed by atoms with Gasteiger partial charge in [0.1, 0.15) is 11.3 Å². The second-order valence-corrected chi connectivity index (χ2v) is 5.07. The number of thioether (sulfide) groups is 1. The van der Waals surface area contributed by atoms with Crippen LogP contribution in [0.4, 0.5) is 4.39 Å². The highest BCUT2D eigenvalue weighted by molar-refractivity contribution is 7.99. The number of ether oxygens (including phenoxy) is 1. The normalized spacial score (nSPS) is 19.7. The fraction of sp³-hybridized carbons (Fsp3) is 0.231. The van der Waals surface area contributed by atoms with E-state index in [4.69, 9.17) is 4.74 Å². The maximum atomic E-state index is 12.8. The third kappa shape index (κ3) is 2.23. The lowest BCUT2D eigenvalue weighted by Gasteiger charge is -2.05. The van der Waals surface area contributed by atoms with Crippen LogP contribution in [0.1, 0.15) is 11.0 Å². The molecule has 2 aromatic rings. The van der Waals surface area contributed by atoms with Crippen LogP contribution in [-0.4, -0.2) is 16.9 Å². The van der Waals surface area contributed by atoms with Crippen molar-refractivity contribution in [3.8, 4) is 5.69 Å². The monoisotopic (exact) mass is 249 g/mol. The Morgan fingerprint density at radius 1 is 1.24 bits per heavy atom. The molecule has 2 heterocycles. The Hall–Kier alpha value is -1.26. The zero-order chi connectivity index (χ0) is 11.7. The molecule has 0 spiro atoms. The average molecular weight is 249 g/mol. The van der Waals surface area contributed by atoms with Gasteiger partial charge in [-0.2, -0.15) is 0 Å². The van der Waals surface area contributed by atoms with Crippen molar-refractivity contribution < 1.29 is 9.13 Å². The van der Waals surface area contributed by atoms with E-state index >= 15 is 0 Å². The lowest BCUT2D eigenvalue weighted by molar-refractivity contribution is 0.145. The molecule has 1 aromatic heterocycles. The predicted octanol–water partition coefficient (Wildman–Crippen LogP) is 3.38. The molecule has 0 radical (unpaired) electrons. The molecule has 17 heavy (non-hydrogen) atoms. The quantitative estimate of drug-likeness (QED) is 0.810. The lowest BCUT2D eigenvalue weighted by Crippen LogP contribution is -1.92. The van der Waals surface area contributed by atoms with Crippen molar-refractivity contribution in [2.24, 2.45) is 0 Å². The Balaban J connectivity index is 1.86. The van der Waals surface area contributed by atoms with Gasteiger partial charge in [-0.15, -0.1) is 11.8 Å². The molecule has 1 atom stereocenters. The van der Waals surface area contributed by atoms with E-state index in [2.05, 4.69) is 0 Å². The molecule has 0 amide bonds. The van der Waals surface area contributed by atoms with Crippen LogP contribution in [0.3, 0.4) is 0 Å². The van der Waals surface area contributed by atoms with Gasteiger partial charge in [0.25, 0.3) is 0 Å². The highest BCUT2D eigenvalue weighted by Gasteiger charge is 2.19. The second-order valence-electron chi connectivity index (χ2n) is 3.90. The number of aromatic nitrogens is 1. The van der Waals surface area contributed by atoms with E-state index in [1.807, 2.05) is 34.8 Å². The van der Waals surface area contributed by atoms with Gasteiger partial charge in [0.05, 0.1) is 6.61 Å². The SMILES string of the molecule is Fc1ccc(-n2ccc([C@@H]3OCCS3)c2)cc1. The van der Waals surface area contributed by atoms with Crippen molar-refractivity contribution in [2.75, 3.05) is 12.4 Å². The Morgan fingerprint density at radius 3 is 2.76 bits per heavy atom. The minimum absolute atomic E-state index is 0.150. The molecule has 0 N–H and O–H groups in total. The largest absolute Gasteiger partial charge is 0.362 e. The highest BCUT2D eigenvalue weighted by atomic mass is 32.2. The van der Waals surface area contributed by atoms with Crippen LogP contribution in [0.5, 0.6) is 0 Å². The highest BCUT2D eigenvalue weighted by Crippen LogP contribution is 2.35. The van der Waals surface area contributed by atoms with Crippen LogP contribution in [0.2, 0.25) is 0 Å². The maximum Gasteiger partial charge on any atom is 0.130 e. The first-order valence-electron chi connectivity index (χ1n) is 5.50. The van der Waals surface area contributed by atoms with Gasteiger partial charge < -0.3 is 9.30 Å². The van der Waals surface area contributed by atoms with E-state index in [9.17, 15) is 4.39 Å². The minimum Gasteiger partial charge on any atom is -0.362 e. The Morgan fingerprint density at radius 2 is 2.06 bits per heavy atom. The molecule has 4 heteroatoms. The van der Waals surface area contributed by atoms with Crippen LogP contribution < -0.4 is 0 Å². The molecule has 1 aliphatic heterocycles. The summed E-state index contributed by atoms with van der Waals surface area (Å²) in [5.74, 6) is 0.836. The second kappa shape index (κ2) is 4.55. The summed E-state index contributed by atoms with van der Waals surface area (Å²) in [5, 5.41) is 0. The molecular formula is C13H12FNOS. The first kappa shape index (κ1) is 10.9. The first-order valence-corrected chi connectivity index (χ1v) is 6.55. The minimum atomic E-state index is -0.212. The van der Waals surface area contributed by atoms with Gasteiger partial charge in [0.15, 0.2) is 0 Å². The average Bonchev–Trinajstić information content (AvgIpc) is 3.00. The summed E-state index contributed by atoms with van der Waals surface area (Å²) in [6.07, 6.45) is 4.01. The summed E-state index contributed by atoms with van der Waals surface area (Å²) >= 11 is 1.81. The summed E-state index contributed by atoms with van der Waals surface area (Å²) in [4.78, 5) is 0. The summed E-state index contributed by atoms with van der Waals surface area (Å²) < 4.78 is 20.4. The number of benzene rings is 1. The van der Waals surface area contributed by atoms with E-state index in [1.165, 1.54) is 12.1 Å². The van der Waals surface area contributed by atoms with Crippen LogP contribution in [0.25, 0.3) is 5.69 Å². The molecular weight excluding hydrogens is 237 g/mol. The molecule has 0 aliphatic carbocycles. The van der Waals surface area contributed by atoms with E-state index in [-0.39, 0.29) is 11.3 Å². The Bertz CT molecular complexity index is 502. The van der Waals surface area contributed by atoms with Crippen molar-refractivity contribution in [3.05, 3.63) is 54.1 Å². The molecule has 1 aliphatic rings. The third-order valence-corrected chi connectivity index (χ3v) is 3.85. The topological polar surface area (TPSA) is 14.2 Å². The number of hydrogen-bond acceptors (Lipinski definition) is 2. The summed E-state index contributed by atoms with van der Waals surface area (Å²) in [6.45, 7) is 0.817. The number of rotatable bonds is 2. The van der Waals surface area contributed by atoms with Gasteiger partial charge in [0.2, 0.25) is 0 Å². The van der Waals surface area contributed by atoms with Crippen molar-refractivity contribution in [2.45, 2.75) is 5.44 Å². The Labute approximate surface area is 103 Å². The smallest absolute Gasteiger partial charge is 0.130 e. The van der Waals surface area contributed by atoms with Crippen molar-refractivity contribution in [1.82, 2.24) is 4.57 Å². The molecule has 1 aromatic carbocycles. The molecule has 88 valence electrons. The molecule has 2 nitrogen and oxygen atoms in total. The van der Waals surface area contributed by atoms with E-state index in [1.54, 1.807) is 12.1 Å². The van der Waals surface area contributed by atoms with Gasteiger partial charge in [-0.1, -0.05) is 0 Å². The van der Waals surface area contributed by atoms with Gasteiger partial charge >= 0.3 is 0 Å². The van der Waals surface area contributed by atoms with Crippen molar-refractivity contribution in [3.63, 3.8) is 0 Å². The summed E-state index contributed by atoms with van der Waals surface area (Å²) in [5.41, 5.74) is 2.27. The van der Waals surface area contributed by atoms with Crippen molar-refractivity contribution in [1.29, 1.82) is 0 Å². The summed E-state index contributed by atoms with van der Waals surface area (Å²) in [7, 11) is 0. The number of hydrogen-bond donors (Lipinski definition) is 0. The molecule has 3 rings (SSSR count). The van der Waals surface area contributed by atoms with Gasteiger partial charge in [0, 0.05) is 29.4 Å². The van der Waals surface area contributed by atoms with E-state index in [0.29, 0.717) is 0 Å². The number of halogens is 1. The van der Waals surface area contributed by atoms with Crippen molar-refractivity contribution >= 4 is 11.8 Å². The van der Waals surface area contributed by atoms with Gasteiger partial charge in [-0.05, 0) is 30.3 Å².